The van der Waals surface area contributed by atoms with Crippen LogP contribution in [0.1, 0.15) is 29.9 Å². The van der Waals surface area contributed by atoms with E-state index >= 15 is 0 Å². The third-order valence-electron chi connectivity index (χ3n) is 4.95. The molecule has 0 unspecified atom stereocenters. The number of amides is 1. The SMILES string of the molecule is CC(C)S(=O)(=O)c1cccc(C(=O)N(Cc2ccccn2)c2nc3c(F)cc(F)cc3s2)c1. The highest BCUT2D eigenvalue weighted by Gasteiger charge is 2.26. The van der Waals surface area contributed by atoms with Crippen LogP contribution in [0.3, 0.4) is 0 Å². The van der Waals surface area contributed by atoms with Gasteiger partial charge in [0.1, 0.15) is 11.3 Å². The number of carbonyl (C=O) groups is 1. The van der Waals surface area contributed by atoms with E-state index in [1.54, 1.807) is 38.2 Å². The molecule has 170 valence electrons. The fraction of sp³-hybridized carbons (Fsp3) is 0.174. The molecule has 0 aliphatic rings. The van der Waals surface area contributed by atoms with Crippen molar-refractivity contribution in [2.24, 2.45) is 0 Å². The Kier molecular flexibility index (Phi) is 6.22. The molecule has 2 aromatic heterocycles. The minimum atomic E-state index is -3.60. The number of hydrogen-bond acceptors (Lipinski definition) is 6. The van der Waals surface area contributed by atoms with Gasteiger partial charge in [0.25, 0.3) is 5.91 Å². The van der Waals surface area contributed by atoms with Gasteiger partial charge < -0.3 is 0 Å². The van der Waals surface area contributed by atoms with Crippen molar-refractivity contribution in [3.8, 4) is 0 Å². The number of hydrogen-bond donors (Lipinski definition) is 0. The molecule has 4 rings (SSSR count). The number of nitrogens with zero attached hydrogens (tertiary/aromatic N) is 3. The lowest BCUT2D eigenvalue weighted by Crippen LogP contribution is -2.31. The van der Waals surface area contributed by atoms with Crippen LogP contribution in [0.2, 0.25) is 0 Å². The van der Waals surface area contributed by atoms with Gasteiger partial charge in [0.15, 0.2) is 20.8 Å². The van der Waals surface area contributed by atoms with Crippen molar-refractivity contribution in [1.82, 2.24) is 9.97 Å². The number of rotatable bonds is 6. The normalized spacial score (nSPS) is 11.8. The Morgan fingerprint density at radius 1 is 1.09 bits per heavy atom. The predicted molar refractivity (Wildman–Crippen MR) is 123 cm³/mol. The van der Waals surface area contributed by atoms with E-state index in [9.17, 15) is 22.0 Å². The number of halogens is 2. The van der Waals surface area contributed by atoms with E-state index in [0.717, 1.165) is 23.5 Å². The summed E-state index contributed by atoms with van der Waals surface area (Å²) in [6.45, 7) is 3.13. The number of sulfone groups is 1. The van der Waals surface area contributed by atoms with Crippen LogP contribution in [0.5, 0.6) is 0 Å². The Hall–Kier alpha value is -3.24. The number of fused-ring (bicyclic) bond motifs is 1. The van der Waals surface area contributed by atoms with Crippen LogP contribution in [0.25, 0.3) is 10.2 Å². The fourth-order valence-corrected chi connectivity index (χ4v) is 5.28. The Labute approximate surface area is 193 Å². The maximum atomic E-state index is 14.3. The molecule has 0 spiro atoms. The standard InChI is InChI=1S/C23H19F2N3O3S2/c1-14(2)33(30,31)18-8-5-6-15(10-18)22(29)28(13-17-7-3-4-9-26-17)23-27-21-19(25)11-16(24)12-20(21)32-23/h3-12,14H,13H2,1-2H3. The number of pyridine rings is 1. The topological polar surface area (TPSA) is 80.2 Å². The van der Waals surface area contributed by atoms with E-state index in [0.29, 0.717) is 5.69 Å². The first-order chi connectivity index (χ1) is 15.7. The molecule has 10 heteroatoms. The number of thiazole rings is 1. The van der Waals surface area contributed by atoms with Gasteiger partial charge >= 0.3 is 0 Å². The minimum Gasteiger partial charge on any atom is -0.278 e. The van der Waals surface area contributed by atoms with Crippen LogP contribution in [0.15, 0.2) is 65.7 Å². The summed E-state index contributed by atoms with van der Waals surface area (Å²) in [5.74, 6) is -2.12. The summed E-state index contributed by atoms with van der Waals surface area (Å²) in [6.07, 6.45) is 1.57. The number of benzene rings is 2. The number of anilines is 1. The lowest BCUT2D eigenvalue weighted by atomic mass is 10.2. The van der Waals surface area contributed by atoms with E-state index in [-0.39, 0.29) is 32.4 Å². The first kappa shape index (κ1) is 22.9. The number of aromatic nitrogens is 2. The monoisotopic (exact) mass is 487 g/mol. The van der Waals surface area contributed by atoms with E-state index in [2.05, 4.69) is 9.97 Å². The maximum absolute atomic E-state index is 14.3. The molecule has 0 radical (unpaired) electrons. The highest BCUT2D eigenvalue weighted by Crippen LogP contribution is 2.33. The van der Waals surface area contributed by atoms with Crippen LogP contribution in [-0.2, 0) is 16.4 Å². The zero-order chi connectivity index (χ0) is 23.8. The fourth-order valence-electron chi connectivity index (χ4n) is 3.18. The molecule has 0 aliphatic heterocycles. The summed E-state index contributed by atoms with van der Waals surface area (Å²) in [5.41, 5.74) is 0.618. The molecular formula is C23H19F2N3O3S2. The summed E-state index contributed by atoms with van der Waals surface area (Å²) >= 11 is 0.959. The smallest absolute Gasteiger partial charge is 0.260 e. The van der Waals surface area contributed by atoms with Gasteiger partial charge in [0.05, 0.1) is 27.1 Å². The van der Waals surface area contributed by atoms with Crippen molar-refractivity contribution < 1.29 is 22.0 Å². The van der Waals surface area contributed by atoms with E-state index in [1.165, 1.54) is 29.2 Å². The van der Waals surface area contributed by atoms with Crippen LogP contribution in [0.4, 0.5) is 13.9 Å². The van der Waals surface area contributed by atoms with Crippen molar-refractivity contribution in [3.63, 3.8) is 0 Å². The van der Waals surface area contributed by atoms with Gasteiger partial charge in [-0.05, 0) is 50.2 Å². The average molecular weight is 488 g/mol. The molecule has 0 saturated heterocycles. The van der Waals surface area contributed by atoms with Gasteiger partial charge in [-0.1, -0.05) is 23.5 Å². The lowest BCUT2D eigenvalue weighted by molar-refractivity contribution is 0.0984. The van der Waals surface area contributed by atoms with Crippen LogP contribution in [-0.4, -0.2) is 29.5 Å². The second kappa shape index (κ2) is 8.95. The summed E-state index contributed by atoms with van der Waals surface area (Å²) in [4.78, 5) is 23.3. The summed E-state index contributed by atoms with van der Waals surface area (Å²) < 4.78 is 53.4. The molecule has 0 bridgehead atoms. The second-order valence-corrected chi connectivity index (χ2v) is 11.1. The number of carbonyl (C=O) groups excluding carboxylic acids is 1. The molecule has 2 aromatic carbocycles. The predicted octanol–water partition coefficient (Wildman–Crippen LogP) is 5.00. The van der Waals surface area contributed by atoms with Gasteiger partial charge in [-0.2, -0.15) is 0 Å². The molecule has 6 nitrogen and oxygen atoms in total. The highest BCUT2D eigenvalue weighted by molar-refractivity contribution is 7.92. The summed E-state index contributed by atoms with van der Waals surface area (Å²) in [6, 6.07) is 12.8. The lowest BCUT2D eigenvalue weighted by Gasteiger charge is -2.20. The molecule has 0 atom stereocenters. The van der Waals surface area contributed by atoms with Crippen LogP contribution < -0.4 is 4.90 Å². The zero-order valence-electron chi connectivity index (χ0n) is 17.7. The molecule has 0 fully saturated rings. The van der Waals surface area contributed by atoms with E-state index in [1.807, 2.05) is 0 Å². The van der Waals surface area contributed by atoms with Crippen molar-refractivity contribution in [2.75, 3.05) is 4.90 Å². The second-order valence-electron chi connectivity index (χ2n) is 7.56. The highest BCUT2D eigenvalue weighted by atomic mass is 32.2. The quantitative estimate of drug-likeness (QED) is 0.382. The van der Waals surface area contributed by atoms with Gasteiger partial charge in [-0.3, -0.25) is 14.7 Å². The van der Waals surface area contributed by atoms with Crippen LogP contribution in [0, 0.1) is 11.6 Å². The molecule has 4 aromatic rings. The summed E-state index contributed by atoms with van der Waals surface area (Å²) in [5, 5.41) is -0.517. The van der Waals surface area contributed by atoms with Crippen molar-refractivity contribution in [1.29, 1.82) is 0 Å². The minimum absolute atomic E-state index is 0.00472. The Bertz CT molecular complexity index is 1440. The van der Waals surface area contributed by atoms with Gasteiger partial charge in [0.2, 0.25) is 0 Å². The Morgan fingerprint density at radius 2 is 1.88 bits per heavy atom. The molecule has 0 N–H and O–H groups in total. The van der Waals surface area contributed by atoms with E-state index < -0.39 is 32.6 Å². The van der Waals surface area contributed by atoms with Crippen molar-refractivity contribution in [3.05, 3.63) is 83.7 Å². The molecule has 2 heterocycles. The molecule has 0 aliphatic carbocycles. The third kappa shape index (κ3) is 4.62. The van der Waals surface area contributed by atoms with Gasteiger partial charge in [-0.15, -0.1) is 0 Å². The molecule has 1 amide bonds. The Morgan fingerprint density at radius 3 is 2.58 bits per heavy atom. The third-order valence-corrected chi connectivity index (χ3v) is 8.13. The van der Waals surface area contributed by atoms with Gasteiger partial charge in [-0.25, -0.2) is 22.2 Å². The van der Waals surface area contributed by atoms with Crippen LogP contribution >= 0.6 is 11.3 Å². The molecule has 33 heavy (non-hydrogen) atoms. The van der Waals surface area contributed by atoms with Gasteiger partial charge in [0, 0.05) is 17.8 Å². The van der Waals surface area contributed by atoms with Crippen molar-refractivity contribution in [2.45, 2.75) is 30.5 Å². The summed E-state index contributed by atoms with van der Waals surface area (Å²) in [7, 11) is -3.60. The zero-order valence-corrected chi connectivity index (χ0v) is 19.3. The molecular weight excluding hydrogens is 468 g/mol. The first-order valence-corrected chi connectivity index (χ1v) is 12.3. The van der Waals surface area contributed by atoms with Crippen molar-refractivity contribution >= 4 is 42.4 Å². The molecule has 0 saturated carbocycles. The van der Waals surface area contributed by atoms with E-state index in [4.69, 9.17) is 0 Å². The average Bonchev–Trinajstić information content (AvgIpc) is 3.22. The maximum Gasteiger partial charge on any atom is 0.260 e. The largest absolute Gasteiger partial charge is 0.278 e. The first-order valence-electron chi connectivity index (χ1n) is 9.98. The Balaban J connectivity index is 1.81.